The highest BCUT2D eigenvalue weighted by Gasteiger charge is 2.17. The summed E-state index contributed by atoms with van der Waals surface area (Å²) in [6.07, 6.45) is 37.5. The molecule has 224 valence electrons. The van der Waals surface area contributed by atoms with Crippen molar-refractivity contribution in [2.75, 3.05) is 6.61 Å². The Bertz CT molecular complexity index is 546. The number of nitrogens with one attached hydrogen (secondary N) is 1. The summed E-state index contributed by atoms with van der Waals surface area (Å²) < 4.78 is 0. The van der Waals surface area contributed by atoms with Crippen molar-refractivity contribution in [2.24, 2.45) is 0 Å². The second-order valence-electron chi connectivity index (χ2n) is 11.2. The molecule has 0 saturated carbocycles. The molecule has 0 aromatic rings. The Balaban J connectivity index is 3.39. The van der Waals surface area contributed by atoms with Gasteiger partial charge in [-0.1, -0.05) is 147 Å². The fraction of sp³-hybridized carbons (Fsp3) is 0.853. The van der Waals surface area contributed by atoms with Crippen LogP contribution in [0.1, 0.15) is 168 Å². The first-order valence-corrected chi connectivity index (χ1v) is 16.6. The average Bonchev–Trinajstić information content (AvgIpc) is 2.92. The van der Waals surface area contributed by atoms with E-state index in [0.29, 0.717) is 6.42 Å². The normalized spacial score (nSPS) is 13.5. The van der Waals surface area contributed by atoms with Crippen LogP contribution < -0.4 is 5.32 Å². The van der Waals surface area contributed by atoms with Crippen LogP contribution in [0.3, 0.4) is 0 Å². The SMILES string of the molecule is CCC/C=C/C(O)C(CO)NC(=O)CCCCCCCCCCCCC/C=C\CCCCCCCCCC. The molecule has 0 aliphatic carbocycles. The van der Waals surface area contributed by atoms with E-state index in [-0.39, 0.29) is 12.5 Å². The van der Waals surface area contributed by atoms with Crippen molar-refractivity contribution >= 4 is 5.91 Å². The van der Waals surface area contributed by atoms with Gasteiger partial charge in [0.2, 0.25) is 5.91 Å². The van der Waals surface area contributed by atoms with Gasteiger partial charge in [0.15, 0.2) is 0 Å². The quantitative estimate of drug-likeness (QED) is 0.0660. The number of unbranched alkanes of at least 4 members (excludes halogenated alkanes) is 20. The molecule has 0 spiro atoms. The highest BCUT2D eigenvalue weighted by atomic mass is 16.3. The lowest BCUT2D eigenvalue weighted by molar-refractivity contribution is -0.123. The van der Waals surface area contributed by atoms with Gasteiger partial charge < -0.3 is 15.5 Å². The Morgan fingerprint density at radius 1 is 0.605 bits per heavy atom. The minimum Gasteiger partial charge on any atom is -0.394 e. The van der Waals surface area contributed by atoms with Crippen LogP contribution in [0.15, 0.2) is 24.3 Å². The van der Waals surface area contributed by atoms with Crippen molar-refractivity contribution in [3.8, 4) is 0 Å². The third-order valence-corrected chi connectivity index (χ3v) is 7.41. The summed E-state index contributed by atoms with van der Waals surface area (Å²) in [7, 11) is 0. The second kappa shape index (κ2) is 30.4. The number of hydrogen-bond acceptors (Lipinski definition) is 3. The average molecular weight is 536 g/mol. The third-order valence-electron chi connectivity index (χ3n) is 7.41. The molecule has 2 atom stereocenters. The van der Waals surface area contributed by atoms with Crippen molar-refractivity contribution < 1.29 is 15.0 Å². The van der Waals surface area contributed by atoms with Crippen LogP contribution in [-0.4, -0.2) is 34.9 Å². The summed E-state index contributed by atoms with van der Waals surface area (Å²) in [4.78, 5) is 12.1. The van der Waals surface area contributed by atoms with Gasteiger partial charge in [-0.2, -0.15) is 0 Å². The fourth-order valence-corrected chi connectivity index (χ4v) is 4.82. The van der Waals surface area contributed by atoms with Gasteiger partial charge in [-0.3, -0.25) is 4.79 Å². The van der Waals surface area contributed by atoms with E-state index in [2.05, 4.69) is 31.3 Å². The molecule has 0 radical (unpaired) electrons. The summed E-state index contributed by atoms with van der Waals surface area (Å²) in [6, 6.07) is -0.614. The molecule has 0 aliphatic rings. The lowest BCUT2D eigenvalue weighted by Gasteiger charge is -2.19. The van der Waals surface area contributed by atoms with Crippen LogP contribution in [0.25, 0.3) is 0 Å². The van der Waals surface area contributed by atoms with E-state index in [0.717, 1.165) is 25.7 Å². The first kappa shape index (κ1) is 36.9. The number of allylic oxidation sites excluding steroid dienone is 3. The van der Waals surface area contributed by atoms with Crippen molar-refractivity contribution in [3.05, 3.63) is 24.3 Å². The van der Waals surface area contributed by atoms with Crippen LogP contribution >= 0.6 is 0 Å². The largest absolute Gasteiger partial charge is 0.394 e. The van der Waals surface area contributed by atoms with Crippen LogP contribution in [0, 0.1) is 0 Å². The molecule has 0 aromatic heterocycles. The molecule has 2 unspecified atom stereocenters. The maximum Gasteiger partial charge on any atom is 0.220 e. The predicted molar refractivity (Wildman–Crippen MR) is 165 cm³/mol. The zero-order valence-electron chi connectivity index (χ0n) is 25.4. The summed E-state index contributed by atoms with van der Waals surface area (Å²) in [5, 5.41) is 22.3. The number of amides is 1. The number of aliphatic hydroxyl groups is 2. The van der Waals surface area contributed by atoms with Crippen LogP contribution in [0.2, 0.25) is 0 Å². The van der Waals surface area contributed by atoms with E-state index in [9.17, 15) is 15.0 Å². The molecule has 0 rings (SSSR count). The standard InChI is InChI=1S/C34H65NO3/c1-3-5-7-8-9-10-11-12-13-14-15-16-17-18-19-20-21-22-23-24-25-26-28-30-34(38)35-32(31-36)33(37)29-27-6-4-2/h14-15,27,29,32-33,36-37H,3-13,16-26,28,30-31H2,1-2H3,(H,35,38)/b15-14-,29-27+. The molecule has 0 fully saturated rings. The van der Waals surface area contributed by atoms with Gasteiger partial charge in [0.1, 0.15) is 0 Å². The van der Waals surface area contributed by atoms with E-state index in [1.54, 1.807) is 6.08 Å². The van der Waals surface area contributed by atoms with E-state index in [1.807, 2.05) is 6.08 Å². The summed E-state index contributed by atoms with van der Waals surface area (Å²) in [5.41, 5.74) is 0. The Morgan fingerprint density at radius 2 is 1.05 bits per heavy atom. The number of carbonyl (C=O) groups excluding carboxylic acids is 1. The maximum absolute atomic E-state index is 12.1. The number of aliphatic hydroxyl groups excluding tert-OH is 2. The topological polar surface area (TPSA) is 69.6 Å². The third kappa shape index (κ3) is 26.5. The van der Waals surface area contributed by atoms with E-state index in [1.165, 1.54) is 122 Å². The first-order chi connectivity index (χ1) is 18.7. The van der Waals surface area contributed by atoms with Gasteiger partial charge in [0.25, 0.3) is 0 Å². The molecule has 0 aliphatic heterocycles. The monoisotopic (exact) mass is 535 g/mol. The van der Waals surface area contributed by atoms with Gasteiger partial charge >= 0.3 is 0 Å². The highest BCUT2D eigenvalue weighted by Crippen LogP contribution is 2.13. The minimum absolute atomic E-state index is 0.0778. The Hall–Kier alpha value is -1.13. The van der Waals surface area contributed by atoms with Crippen LogP contribution in [0.4, 0.5) is 0 Å². The molecule has 4 nitrogen and oxygen atoms in total. The zero-order chi connectivity index (χ0) is 27.9. The van der Waals surface area contributed by atoms with Crippen molar-refractivity contribution in [3.63, 3.8) is 0 Å². The number of hydrogen-bond donors (Lipinski definition) is 3. The molecule has 3 N–H and O–H groups in total. The van der Waals surface area contributed by atoms with Crippen molar-refractivity contribution in [1.82, 2.24) is 5.32 Å². The molecular weight excluding hydrogens is 470 g/mol. The zero-order valence-corrected chi connectivity index (χ0v) is 25.4. The molecule has 0 aromatic carbocycles. The molecular formula is C34H65NO3. The number of carbonyl (C=O) groups is 1. The number of rotatable bonds is 29. The fourth-order valence-electron chi connectivity index (χ4n) is 4.82. The van der Waals surface area contributed by atoms with E-state index >= 15 is 0 Å². The van der Waals surface area contributed by atoms with Gasteiger partial charge in [0, 0.05) is 6.42 Å². The maximum atomic E-state index is 12.1. The lowest BCUT2D eigenvalue weighted by atomic mass is 10.0. The van der Waals surface area contributed by atoms with E-state index < -0.39 is 12.1 Å². The Kier molecular flexibility index (Phi) is 29.5. The summed E-state index contributed by atoms with van der Waals surface area (Å²) in [5.74, 6) is -0.0778. The van der Waals surface area contributed by atoms with Crippen molar-refractivity contribution in [2.45, 2.75) is 180 Å². The predicted octanol–water partition coefficient (Wildman–Crippen LogP) is 9.34. The molecule has 0 bridgehead atoms. The molecule has 0 heterocycles. The summed E-state index contributed by atoms with van der Waals surface area (Å²) >= 11 is 0. The van der Waals surface area contributed by atoms with Gasteiger partial charge in [-0.05, 0) is 38.5 Å². The van der Waals surface area contributed by atoms with E-state index in [4.69, 9.17) is 0 Å². The minimum atomic E-state index is -0.832. The Morgan fingerprint density at radius 3 is 1.50 bits per heavy atom. The molecule has 1 amide bonds. The van der Waals surface area contributed by atoms with Gasteiger partial charge in [0.05, 0.1) is 18.8 Å². The van der Waals surface area contributed by atoms with Gasteiger partial charge in [-0.15, -0.1) is 0 Å². The summed E-state index contributed by atoms with van der Waals surface area (Å²) in [6.45, 7) is 4.10. The van der Waals surface area contributed by atoms with Gasteiger partial charge in [-0.25, -0.2) is 0 Å². The highest BCUT2D eigenvalue weighted by molar-refractivity contribution is 5.76. The molecule has 38 heavy (non-hydrogen) atoms. The van der Waals surface area contributed by atoms with Crippen LogP contribution in [0.5, 0.6) is 0 Å². The smallest absolute Gasteiger partial charge is 0.220 e. The second-order valence-corrected chi connectivity index (χ2v) is 11.2. The lowest BCUT2D eigenvalue weighted by Crippen LogP contribution is -2.45. The Labute approximate surface area is 237 Å². The molecule has 4 heteroatoms. The molecule has 0 saturated heterocycles. The van der Waals surface area contributed by atoms with Crippen molar-refractivity contribution in [1.29, 1.82) is 0 Å². The van der Waals surface area contributed by atoms with Crippen LogP contribution in [-0.2, 0) is 4.79 Å². The first-order valence-electron chi connectivity index (χ1n) is 16.6.